The van der Waals surface area contributed by atoms with Crippen molar-refractivity contribution in [3.05, 3.63) is 0 Å². The van der Waals surface area contributed by atoms with E-state index in [1.807, 2.05) is 0 Å². The zero-order chi connectivity index (χ0) is 4.50. The van der Waals surface area contributed by atoms with Crippen molar-refractivity contribution in [2.45, 2.75) is 0 Å². The summed E-state index contributed by atoms with van der Waals surface area (Å²) >= 11 is -5.88. The van der Waals surface area contributed by atoms with E-state index < -0.39 is 14.5 Å². The van der Waals surface area contributed by atoms with E-state index in [9.17, 15) is 0 Å². The number of hydrogen-bond acceptors (Lipinski definition) is 4. The minimum absolute atomic E-state index is 0. The van der Waals surface area contributed by atoms with Gasteiger partial charge < -0.3 is 0 Å². The summed E-state index contributed by atoms with van der Waals surface area (Å²) in [6.45, 7) is 0. The van der Waals surface area contributed by atoms with E-state index >= 15 is 0 Å². The first kappa shape index (κ1) is 15.7. The minimum atomic E-state index is -5.88. The zero-order valence-electron chi connectivity index (χ0n) is 2.79. The first-order valence-corrected chi connectivity index (χ1v) is 3.79. The Morgan fingerprint density at radius 1 is 1.14 bits per heavy atom. The molecule has 0 saturated carbocycles. The average molecular weight is 254 g/mol. The number of hydrogen-bond donors (Lipinski definition) is 0. The molecule has 4 nitrogen and oxygen atoms in total. The quantitative estimate of drug-likeness (QED) is 0.412. The van der Waals surface area contributed by atoms with E-state index in [4.69, 9.17) is 16.0 Å². The molecule has 0 aromatic heterocycles. The molecule has 2 radical (unpaired) electrons. The van der Waals surface area contributed by atoms with Crippen LogP contribution in [0.15, 0.2) is 0 Å². The van der Waals surface area contributed by atoms with Gasteiger partial charge in [0.05, 0.1) is 0 Å². The van der Waals surface area contributed by atoms with Gasteiger partial charge in [0, 0.05) is 0 Å². The molecule has 0 bridgehead atoms. The van der Waals surface area contributed by atoms with Crippen LogP contribution in [0.4, 0.5) is 0 Å². The van der Waals surface area contributed by atoms with Crippen molar-refractivity contribution in [3.63, 3.8) is 0 Å². The predicted molar refractivity (Wildman–Crippen MR) is 6.44 cm³/mol. The third kappa shape index (κ3) is 123. The molecule has 0 aliphatic carbocycles. The van der Waals surface area contributed by atoms with Crippen LogP contribution in [0.25, 0.3) is 0 Å². The molecule has 7 heteroatoms. The molecule has 0 aliphatic rings. The number of rotatable bonds is 0. The molecule has 0 N–H and O–H groups in total. The van der Waals surface area contributed by atoms with Crippen molar-refractivity contribution in [1.82, 2.24) is 0 Å². The fourth-order valence-electron chi connectivity index (χ4n) is 0. The van der Waals surface area contributed by atoms with Gasteiger partial charge in [-0.1, -0.05) is 0 Å². The fourth-order valence-corrected chi connectivity index (χ4v) is 0. The van der Waals surface area contributed by atoms with E-state index in [1.165, 1.54) is 0 Å². The molecular formula is AsCrCuO4+2. The van der Waals surface area contributed by atoms with Gasteiger partial charge >= 0.3 is 65.0 Å². The smallest absolute Gasteiger partial charge is 2.00 e. The van der Waals surface area contributed by atoms with Gasteiger partial charge in [-0.25, -0.2) is 0 Å². The van der Waals surface area contributed by atoms with Crippen molar-refractivity contribution >= 4 is 14.5 Å². The van der Waals surface area contributed by atoms with Crippen LogP contribution in [-0.2, 0) is 38.2 Å². The van der Waals surface area contributed by atoms with Crippen LogP contribution >= 0.6 is 0 Å². The summed E-state index contributed by atoms with van der Waals surface area (Å²) in [6, 6.07) is 0. The largest absolute Gasteiger partial charge is 3.00 e. The molecule has 7 heavy (non-hydrogen) atoms. The molecule has 0 rings (SSSR count). The van der Waals surface area contributed by atoms with Crippen LogP contribution in [-0.4, -0.2) is 14.5 Å². The van der Waals surface area contributed by atoms with Gasteiger partial charge in [-0.15, -0.1) is 0 Å². The van der Waals surface area contributed by atoms with Crippen molar-refractivity contribution in [2.24, 2.45) is 0 Å². The standard InChI is InChI=1S/AsH3O4.Cr.Cu/c2-1(3,4)5;;/h(H3,2,3,4,5);;/q;+3;+2/p-3. The summed E-state index contributed by atoms with van der Waals surface area (Å²) < 4.78 is 34.4. The van der Waals surface area contributed by atoms with Gasteiger partial charge in [-0.2, -0.15) is 0 Å². The van der Waals surface area contributed by atoms with Crippen LogP contribution in [0.3, 0.4) is 0 Å². The summed E-state index contributed by atoms with van der Waals surface area (Å²) in [6.07, 6.45) is 0. The summed E-state index contributed by atoms with van der Waals surface area (Å²) in [5.41, 5.74) is 0. The van der Waals surface area contributed by atoms with Crippen molar-refractivity contribution in [1.29, 1.82) is 0 Å². The van der Waals surface area contributed by atoms with Gasteiger partial charge in [0.25, 0.3) is 0 Å². The van der Waals surface area contributed by atoms with Gasteiger partial charge in [0.2, 0.25) is 0 Å². The summed E-state index contributed by atoms with van der Waals surface area (Å²) in [5, 5.41) is 0. The van der Waals surface area contributed by atoms with E-state index in [2.05, 4.69) is 0 Å². The SMILES string of the molecule is O=[As]([O-])([O-])[O-].[Cr+3].[Cu+2]. The third-order valence-corrected chi connectivity index (χ3v) is 0. The molecular weight excluding hydrogens is 254 g/mol. The van der Waals surface area contributed by atoms with E-state index in [-0.39, 0.29) is 34.4 Å². The topological polar surface area (TPSA) is 86.2 Å². The van der Waals surface area contributed by atoms with Crippen LogP contribution in [0.1, 0.15) is 0 Å². The average Bonchev–Trinajstić information content (AvgIpc) is 0.722. The Hall–Kier alpha value is 1.29. The third-order valence-electron chi connectivity index (χ3n) is 0. The molecule has 0 unspecified atom stereocenters. The normalized spacial score (nSPS) is 8.43. The predicted octanol–water partition coefficient (Wildman–Crippen LogP) is -4.07. The summed E-state index contributed by atoms with van der Waals surface area (Å²) in [4.78, 5) is 0. The van der Waals surface area contributed by atoms with Gasteiger partial charge in [-0.3, -0.25) is 0 Å². The maximum absolute atomic E-state index is 8.61. The molecule has 0 heterocycles. The first-order valence-electron chi connectivity index (χ1n) is 0.730. The Morgan fingerprint density at radius 2 is 1.14 bits per heavy atom. The van der Waals surface area contributed by atoms with E-state index in [1.54, 1.807) is 0 Å². The molecule has 0 atom stereocenters. The fraction of sp³-hybridized carbons (Fsp3) is 0. The maximum Gasteiger partial charge on any atom is 3.00 e. The second-order valence-electron chi connectivity index (χ2n) is 0.447. The molecule has 0 fully saturated rings. The molecule has 0 amide bonds. The Bertz CT molecular complexity index is 57.8. The van der Waals surface area contributed by atoms with E-state index in [0.717, 1.165) is 0 Å². The first-order chi connectivity index (χ1) is 2.00. The van der Waals surface area contributed by atoms with Crippen LogP contribution in [0.2, 0.25) is 0 Å². The summed E-state index contributed by atoms with van der Waals surface area (Å²) in [7, 11) is 0. The second-order valence-corrected chi connectivity index (χ2v) is 2.32. The molecule has 0 aliphatic heterocycles. The monoisotopic (exact) mass is 254 g/mol. The molecule has 44 valence electrons. The Balaban J connectivity index is -0.0000000800. The molecule has 0 saturated heterocycles. The van der Waals surface area contributed by atoms with Gasteiger partial charge in [-0.05, 0) is 0 Å². The zero-order valence-corrected chi connectivity index (χ0v) is 6.88. The molecule has 0 spiro atoms. The van der Waals surface area contributed by atoms with Crippen molar-refractivity contribution in [2.75, 3.05) is 0 Å². The van der Waals surface area contributed by atoms with Gasteiger partial charge in [0.15, 0.2) is 0 Å². The van der Waals surface area contributed by atoms with Crippen molar-refractivity contribution < 1.29 is 50.5 Å². The van der Waals surface area contributed by atoms with Crippen molar-refractivity contribution in [3.8, 4) is 0 Å². The Labute approximate surface area is 64.9 Å². The van der Waals surface area contributed by atoms with Gasteiger partial charge in [0.1, 0.15) is 0 Å². The molecule has 0 aromatic carbocycles. The Morgan fingerprint density at radius 3 is 1.14 bits per heavy atom. The van der Waals surface area contributed by atoms with Crippen LogP contribution in [0.5, 0.6) is 0 Å². The summed E-state index contributed by atoms with van der Waals surface area (Å²) in [5.74, 6) is 0. The van der Waals surface area contributed by atoms with E-state index in [0.29, 0.717) is 0 Å². The van der Waals surface area contributed by atoms with Crippen LogP contribution in [0, 0.1) is 0 Å². The Kier molecular flexibility index (Phi) is 12.2. The minimum Gasteiger partial charge on any atom is 2.00 e. The maximum atomic E-state index is 8.61. The van der Waals surface area contributed by atoms with Crippen LogP contribution < -0.4 is 12.3 Å². The second kappa shape index (κ2) is 5.43. The molecule has 0 aromatic rings.